The van der Waals surface area contributed by atoms with Gasteiger partial charge in [-0.2, -0.15) is 0 Å². The average Bonchev–Trinajstić information content (AvgIpc) is 2.80. The van der Waals surface area contributed by atoms with E-state index in [2.05, 4.69) is 85.3 Å². The van der Waals surface area contributed by atoms with Gasteiger partial charge in [-0.15, -0.1) is 0 Å². The van der Waals surface area contributed by atoms with Crippen LogP contribution in [0.2, 0.25) is 0 Å². The molecule has 0 bridgehead atoms. The van der Waals surface area contributed by atoms with Crippen molar-refractivity contribution in [3.8, 4) is 5.75 Å². The SMILES string of the molecule is Cc1cc(Br)cc(Br)c1OCC(=O)N1CCN(C(c2ccccc2)c2ccccc2)CC1. The van der Waals surface area contributed by atoms with Crippen molar-refractivity contribution in [2.45, 2.75) is 13.0 Å². The fraction of sp³-hybridized carbons (Fsp3) is 0.269. The van der Waals surface area contributed by atoms with Crippen molar-refractivity contribution >= 4 is 37.8 Å². The van der Waals surface area contributed by atoms with Crippen LogP contribution in [0, 0.1) is 6.92 Å². The highest BCUT2D eigenvalue weighted by atomic mass is 79.9. The monoisotopic (exact) mass is 556 g/mol. The summed E-state index contributed by atoms with van der Waals surface area (Å²) in [4.78, 5) is 17.2. The first-order valence-electron chi connectivity index (χ1n) is 10.7. The third kappa shape index (κ3) is 5.42. The number of carbonyl (C=O) groups is 1. The van der Waals surface area contributed by atoms with Gasteiger partial charge in [0, 0.05) is 30.7 Å². The summed E-state index contributed by atoms with van der Waals surface area (Å²) in [6, 6.07) is 25.3. The predicted octanol–water partition coefficient (Wildman–Crippen LogP) is 5.83. The molecule has 0 aliphatic carbocycles. The fourth-order valence-corrected chi connectivity index (χ4v) is 5.76. The maximum absolute atomic E-state index is 12.8. The summed E-state index contributed by atoms with van der Waals surface area (Å²) in [6.45, 7) is 5.05. The molecule has 0 unspecified atom stereocenters. The number of piperazine rings is 1. The van der Waals surface area contributed by atoms with E-state index >= 15 is 0 Å². The van der Waals surface area contributed by atoms with E-state index in [0.717, 1.165) is 27.6 Å². The number of halogens is 2. The highest BCUT2D eigenvalue weighted by molar-refractivity contribution is 9.11. The zero-order chi connectivity index (χ0) is 22.5. The maximum atomic E-state index is 12.8. The van der Waals surface area contributed by atoms with E-state index < -0.39 is 0 Å². The van der Waals surface area contributed by atoms with Gasteiger partial charge in [-0.25, -0.2) is 0 Å². The van der Waals surface area contributed by atoms with Gasteiger partial charge >= 0.3 is 0 Å². The van der Waals surface area contributed by atoms with E-state index in [1.807, 2.05) is 36.1 Å². The topological polar surface area (TPSA) is 32.8 Å². The molecule has 32 heavy (non-hydrogen) atoms. The first-order chi connectivity index (χ1) is 15.5. The maximum Gasteiger partial charge on any atom is 0.260 e. The van der Waals surface area contributed by atoms with Crippen LogP contribution in [0.15, 0.2) is 81.7 Å². The van der Waals surface area contributed by atoms with Crippen LogP contribution in [0.25, 0.3) is 0 Å². The lowest BCUT2D eigenvalue weighted by molar-refractivity contribution is -0.135. The Morgan fingerprint density at radius 1 is 0.906 bits per heavy atom. The van der Waals surface area contributed by atoms with Gasteiger partial charge in [0.2, 0.25) is 0 Å². The lowest BCUT2D eigenvalue weighted by atomic mass is 9.96. The summed E-state index contributed by atoms with van der Waals surface area (Å²) >= 11 is 7.00. The van der Waals surface area contributed by atoms with E-state index in [-0.39, 0.29) is 18.6 Å². The number of benzene rings is 3. The van der Waals surface area contributed by atoms with Gasteiger partial charge in [-0.05, 0) is 51.7 Å². The molecule has 3 aromatic rings. The molecule has 1 aliphatic rings. The van der Waals surface area contributed by atoms with Crippen LogP contribution in [-0.4, -0.2) is 48.5 Å². The minimum Gasteiger partial charge on any atom is -0.482 e. The second-order valence-corrected chi connectivity index (χ2v) is 9.73. The van der Waals surface area contributed by atoms with Crippen LogP contribution in [0.3, 0.4) is 0 Å². The third-order valence-electron chi connectivity index (χ3n) is 5.80. The number of ether oxygens (including phenoxy) is 1. The summed E-state index contributed by atoms with van der Waals surface area (Å²) < 4.78 is 7.70. The predicted molar refractivity (Wildman–Crippen MR) is 135 cm³/mol. The van der Waals surface area contributed by atoms with E-state index in [1.165, 1.54) is 11.1 Å². The van der Waals surface area contributed by atoms with E-state index in [0.29, 0.717) is 18.8 Å². The van der Waals surface area contributed by atoms with Gasteiger partial charge in [0.15, 0.2) is 6.61 Å². The van der Waals surface area contributed by atoms with Crippen LogP contribution in [0.4, 0.5) is 0 Å². The van der Waals surface area contributed by atoms with Crippen molar-refractivity contribution < 1.29 is 9.53 Å². The van der Waals surface area contributed by atoms with Crippen molar-refractivity contribution in [2.75, 3.05) is 32.8 Å². The Morgan fingerprint density at radius 3 is 2.00 bits per heavy atom. The molecule has 0 saturated carbocycles. The largest absolute Gasteiger partial charge is 0.482 e. The molecule has 0 aromatic heterocycles. The number of hydrogen-bond acceptors (Lipinski definition) is 3. The molecule has 0 spiro atoms. The second-order valence-electron chi connectivity index (χ2n) is 7.96. The Balaban J connectivity index is 1.40. The number of amides is 1. The first-order valence-corrected chi connectivity index (χ1v) is 12.3. The number of rotatable bonds is 6. The molecule has 0 radical (unpaired) electrons. The van der Waals surface area contributed by atoms with Crippen LogP contribution in [0.5, 0.6) is 5.75 Å². The van der Waals surface area contributed by atoms with Gasteiger partial charge < -0.3 is 9.64 Å². The zero-order valence-corrected chi connectivity index (χ0v) is 21.2. The van der Waals surface area contributed by atoms with E-state index in [9.17, 15) is 4.79 Å². The van der Waals surface area contributed by atoms with Crippen molar-refractivity contribution in [3.05, 3.63) is 98.4 Å². The third-order valence-corrected chi connectivity index (χ3v) is 6.84. The summed E-state index contributed by atoms with van der Waals surface area (Å²) in [5.74, 6) is 0.739. The molecule has 0 atom stereocenters. The summed E-state index contributed by atoms with van der Waals surface area (Å²) in [6.07, 6.45) is 0. The lowest BCUT2D eigenvalue weighted by Gasteiger charge is -2.39. The van der Waals surface area contributed by atoms with E-state index in [4.69, 9.17) is 4.74 Å². The van der Waals surface area contributed by atoms with E-state index in [1.54, 1.807) is 0 Å². The second kappa shape index (κ2) is 10.6. The highest BCUT2D eigenvalue weighted by Gasteiger charge is 2.28. The molecule has 1 aliphatic heterocycles. The van der Waals surface area contributed by atoms with Crippen LogP contribution < -0.4 is 4.74 Å². The quantitative estimate of drug-likeness (QED) is 0.382. The van der Waals surface area contributed by atoms with Gasteiger partial charge in [-0.1, -0.05) is 76.6 Å². The summed E-state index contributed by atoms with van der Waals surface area (Å²) in [5.41, 5.74) is 3.53. The Morgan fingerprint density at radius 2 is 1.47 bits per heavy atom. The average molecular weight is 558 g/mol. The molecular weight excluding hydrogens is 532 g/mol. The number of carbonyl (C=O) groups excluding carboxylic acids is 1. The van der Waals surface area contributed by atoms with Crippen molar-refractivity contribution in [2.24, 2.45) is 0 Å². The molecule has 1 fully saturated rings. The number of hydrogen-bond donors (Lipinski definition) is 0. The summed E-state index contributed by atoms with van der Waals surface area (Å²) in [5, 5.41) is 0. The number of nitrogens with zero attached hydrogens (tertiary/aromatic N) is 2. The van der Waals surface area contributed by atoms with Gasteiger partial charge in [0.05, 0.1) is 10.5 Å². The fourth-order valence-electron chi connectivity index (χ4n) is 4.21. The Bertz CT molecular complexity index is 989. The molecule has 4 rings (SSSR count). The Kier molecular flexibility index (Phi) is 7.66. The standard InChI is InChI=1S/C26H26Br2N2O2/c1-19-16-22(27)17-23(28)26(19)32-18-24(31)29-12-14-30(15-13-29)25(20-8-4-2-5-9-20)21-10-6-3-7-11-21/h2-11,16-17,25H,12-15,18H2,1H3. The molecule has 1 saturated heterocycles. The molecule has 1 amide bonds. The molecule has 6 heteroatoms. The van der Waals surface area contributed by atoms with Crippen molar-refractivity contribution in [3.63, 3.8) is 0 Å². The molecule has 4 nitrogen and oxygen atoms in total. The Hall–Kier alpha value is -2.15. The van der Waals surface area contributed by atoms with Crippen molar-refractivity contribution in [1.82, 2.24) is 9.80 Å². The van der Waals surface area contributed by atoms with Crippen LogP contribution in [-0.2, 0) is 4.79 Å². The lowest BCUT2D eigenvalue weighted by Crippen LogP contribution is -2.51. The Labute approximate surface area is 206 Å². The molecular formula is C26H26Br2N2O2. The smallest absolute Gasteiger partial charge is 0.260 e. The molecule has 0 N–H and O–H groups in total. The zero-order valence-electron chi connectivity index (χ0n) is 18.0. The van der Waals surface area contributed by atoms with Gasteiger partial charge in [0.1, 0.15) is 5.75 Å². The van der Waals surface area contributed by atoms with Crippen molar-refractivity contribution in [1.29, 1.82) is 0 Å². The normalized spacial score (nSPS) is 14.6. The first kappa shape index (κ1) is 23.0. The molecule has 166 valence electrons. The minimum absolute atomic E-state index is 0.0230. The summed E-state index contributed by atoms with van der Waals surface area (Å²) in [7, 11) is 0. The van der Waals surface area contributed by atoms with Crippen LogP contribution in [0.1, 0.15) is 22.7 Å². The molecule has 1 heterocycles. The van der Waals surface area contributed by atoms with Gasteiger partial charge in [-0.3, -0.25) is 9.69 Å². The van der Waals surface area contributed by atoms with Gasteiger partial charge in [0.25, 0.3) is 5.91 Å². The minimum atomic E-state index is 0.0230. The number of aryl methyl sites for hydroxylation is 1. The molecule has 3 aromatic carbocycles. The highest BCUT2D eigenvalue weighted by Crippen LogP contribution is 2.33. The van der Waals surface area contributed by atoms with Crippen LogP contribution >= 0.6 is 31.9 Å².